The van der Waals surface area contributed by atoms with Crippen LogP contribution in [0.15, 0.2) is 24.3 Å². The molecule has 18 heavy (non-hydrogen) atoms. The molecule has 0 unspecified atom stereocenters. The molecule has 1 aromatic rings. The molecule has 3 atom stereocenters. The summed E-state index contributed by atoms with van der Waals surface area (Å²) in [4.78, 5) is 0. The summed E-state index contributed by atoms with van der Waals surface area (Å²) in [6.45, 7) is 2.14. The van der Waals surface area contributed by atoms with Crippen molar-refractivity contribution < 1.29 is 9.84 Å². The van der Waals surface area contributed by atoms with E-state index in [2.05, 4.69) is 24.4 Å². The van der Waals surface area contributed by atoms with Gasteiger partial charge in [0, 0.05) is 12.1 Å². The second-order valence-corrected chi connectivity index (χ2v) is 5.12. The Hall–Kier alpha value is -1.06. The zero-order valence-electron chi connectivity index (χ0n) is 11.2. The van der Waals surface area contributed by atoms with E-state index in [-0.39, 0.29) is 18.2 Å². The first-order valence-electron chi connectivity index (χ1n) is 6.79. The summed E-state index contributed by atoms with van der Waals surface area (Å²) in [5.41, 5.74) is 1.23. The fourth-order valence-electron chi connectivity index (χ4n) is 2.62. The van der Waals surface area contributed by atoms with E-state index < -0.39 is 0 Å². The summed E-state index contributed by atoms with van der Waals surface area (Å²) >= 11 is 0. The third-order valence-electron chi connectivity index (χ3n) is 3.81. The molecule has 0 bridgehead atoms. The van der Waals surface area contributed by atoms with Crippen molar-refractivity contribution in [2.75, 3.05) is 7.11 Å². The molecule has 0 heterocycles. The van der Waals surface area contributed by atoms with Gasteiger partial charge in [-0.15, -0.1) is 0 Å². The maximum absolute atomic E-state index is 9.96. The highest BCUT2D eigenvalue weighted by Crippen LogP contribution is 2.23. The first-order chi connectivity index (χ1) is 8.70. The van der Waals surface area contributed by atoms with Crippen molar-refractivity contribution in [1.29, 1.82) is 0 Å². The molecular weight excluding hydrogens is 226 g/mol. The average Bonchev–Trinajstić information content (AvgIpc) is 2.41. The average molecular weight is 249 g/mol. The third-order valence-corrected chi connectivity index (χ3v) is 3.81. The van der Waals surface area contributed by atoms with Crippen molar-refractivity contribution in [3.8, 4) is 5.75 Å². The standard InChI is InChI=1S/C15H23NO2/c1-11(12-7-9-13(18-2)10-8-12)16-14-5-3-4-6-15(14)17/h7-11,14-17H,3-6H2,1-2H3/t11-,14+,15+/m1/s1. The van der Waals surface area contributed by atoms with Crippen molar-refractivity contribution in [1.82, 2.24) is 5.32 Å². The highest BCUT2D eigenvalue weighted by atomic mass is 16.5. The highest BCUT2D eigenvalue weighted by Gasteiger charge is 2.24. The van der Waals surface area contributed by atoms with E-state index in [1.807, 2.05) is 12.1 Å². The Labute approximate surface area is 109 Å². The molecule has 2 rings (SSSR count). The number of aliphatic hydroxyl groups is 1. The molecule has 0 spiro atoms. The number of nitrogens with one attached hydrogen (secondary N) is 1. The van der Waals surface area contributed by atoms with Crippen LogP contribution in [0.25, 0.3) is 0 Å². The Balaban J connectivity index is 1.95. The number of benzene rings is 1. The van der Waals surface area contributed by atoms with Crippen molar-refractivity contribution >= 4 is 0 Å². The van der Waals surface area contributed by atoms with Gasteiger partial charge in [-0.05, 0) is 37.5 Å². The minimum atomic E-state index is -0.195. The molecule has 0 radical (unpaired) electrons. The van der Waals surface area contributed by atoms with Crippen molar-refractivity contribution in [3.63, 3.8) is 0 Å². The van der Waals surface area contributed by atoms with Crippen LogP contribution in [0, 0.1) is 0 Å². The van der Waals surface area contributed by atoms with Crippen LogP contribution in [0.5, 0.6) is 5.75 Å². The Morgan fingerprint density at radius 1 is 1.22 bits per heavy atom. The highest BCUT2D eigenvalue weighted by molar-refractivity contribution is 5.28. The van der Waals surface area contributed by atoms with Crippen LogP contribution in [0.1, 0.15) is 44.2 Å². The van der Waals surface area contributed by atoms with Crippen molar-refractivity contribution in [2.45, 2.75) is 50.8 Å². The predicted molar refractivity (Wildman–Crippen MR) is 72.8 cm³/mol. The Morgan fingerprint density at radius 3 is 2.50 bits per heavy atom. The summed E-state index contributed by atoms with van der Waals surface area (Å²) in [6, 6.07) is 8.59. The van der Waals surface area contributed by atoms with Gasteiger partial charge in [0.1, 0.15) is 5.75 Å². The van der Waals surface area contributed by atoms with Gasteiger partial charge in [0.2, 0.25) is 0 Å². The quantitative estimate of drug-likeness (QED) is 0.862. The van der Waals surface area contributed by atoms with Crippen LogP contribution in [0.2, 0.25) is 0 Å². The van der Waals surface area contributed by atoms with Crippen LogP contribution in [0.3, 0.4) is 0 Å². The predicted octanol–water partition coefficient (Wildman–Crippen LogP) is 2.65. The number of methoxy groups -OCH3 is 1. The minimum absolute atomic E-state index is 0.195. The largest absolute Gasteiger partial charge is 0.497 e. The lowest BCUT2D eigenvalue weighted by Gasteiger charge is -2.31. The maximum Gasteiger partial charge on any atom is 0.118 e. The molecule has 1 fully saturated rings. The van der Waals surface area contributed by atoms with Gasteiger partial charge in [0.25, 0.3) is 0 Å². The van der Waals surface area contributed by atoms with E-state index in [0.29, 0.717) is 0 Å². The second kappa shape index (κ2) is 6.21. The molecule has 0 aromatic heterocycles. The first kappa shape index (κ1) is 13.4. The summed E-state index contributed by atoms with van der Waals surface area (Å²) in [6.07, 6.45) is 4.16. The fraction of sp³-hybridized carbons (Fsp3) is 0.600. The number of rotatable bonds is 4. The molecule has 0 amide bonds. The van der Waals surface area contributed by atoms with Gasteiger partial charge >= 0.3 is 0 Å². The molecule has 2 N–H and O–H groups in total. The van der Waals surface area contributed by atoms with E-state index in [4.69, 9.17) is 4.74 Å². The Kier molecular flexibility index (Phi) is 4.61. The van der Waals surface area contributed by atoms with Crippen molar-refractivity contribution in [3.05, 3.63) is 29.8 Å². The van der Waals surface area contributed by atoms with Crippen LogP contribution in [-0.4, -0.2) is 24.4 Å². The van der Waals surface area contributed by atoms with E-state index in [1.54, 1.807) is 7.11 Å². The van der Waals surface area contributed by atoms with Gasteiger partial charge in [-0.2, -0.15) is 0 Å². The van der Waals surface area contributed by atoms with Gasteiger partial charge in [-0.1, -0.05) is 25.0 Å². The molecule has 1 aromatic carbocycles. The van der Waals surface area contributed by atoms with Crippen LogP contribution in [0.4, 0.5) is 0 Å². The van der Waals surface area contributed by atoms with E-state index in [0.717, 1.165) is 25.0 Å². The molecule has 3 nitrogen and oxygen atoms in total. The van der Waals surface area contributed by atoms with Gasteiger partial charge in [0.05, 0.1) is 13.2 Å². The molecule has 3 heteroatoms. The number of ether oxygens (including phenoxy) is 1. The normalized spacial score (nSPS) is 25.7. The molecule has 1 aliphatic rings. The summed E-state index contributed by atoms with van der Waals surface area (Å²) < 4.78 is 5.16. The summed E-state index contributed by atoms with van der Waals surface area (Å²) in [5.74, 6) is 0.878. The van der Waals surface area contributed by atoms with Crippen molar-refractivity contribution in [2.24, 2.45) is 0 Å². The van der Waals surface area contributed by atoms with Crippen LogP contribution >= 0.6 is 0 Å². The third kappa shape index (κ3) is 3.24. The molecule has 0 aliphatic heterocycles. The first-order valence-corrected chi connectivity index (χ1v) is 6.79. The number of hydrogen-bond acceptors (Lipinski definition) is 3. The monoisotopic (exact) mass is 249 g/mol. The van der Waals surface area contributed by atoms with E-state index >= 15 is 0 Å². The zero-order chi connectivity index (χ0) is 13.0. The lowest BCUT2D eigenvalue weighted by Crippen LogP contribution is -2.43. The van der Waals surface area contributed by atoms with Crippen LogP contribution < -0.4 is 10.1 Å². The van der Waals surface area contributed by atoms with Gasteiger partial charge in [0.15, 0.2) is 0 Å². The molecule has 1 aliphatic carbocycles. The second-order valence-electron chi connectivity index (χ2n) is 5.12. The smallest absolute Gasteiger partial charge is 0.118 e. The Morgan fingerprint density at radius 2 is 1.89 bits per heavy atom. The number of hydrogen-bond donors (Lipinski definition) is 2. The van der Waals surface area contributed by atoms with Gasteiger partial charge in [-0.25, -0.2) is 0 Å². The maximum atomic E-state index is 9.96. The van der Waals surface area contributed by atoms with Gasteiger partial charge in [-0.3, -0.25) is 0 Å². The molecule has 1 saturated carbocycles. The topological polar surface area (TPSA) is 41.5 Å². The minimum Gasteiger partial charge on any atom is -0.497 e. The lowest BCUT2D eigenvalue weighted by atomic mass is 9.91. The van der Waals surface area contributed by atoms with E-state index in [9.17, 15) is 5.11 Å². The lowest BCUT2D eigenvalue weighted by molar-refractivity contribution is 0.0860. The van der Waals surface area contributed by atoms with Gasteiger partial charge < -0.3 is 15.2 Å². The number of aliphatic hydroxyl groups excluding tert-OH is 1. The zero-order valence-corrected chi connectivity index (χ0v) is 11.2. The SMILES string of the molecule is COc1ccc([C@@H](C)N[C@H]2CCCC[C@@H]2O)cc1. The molecule has 0 saturated heterocycles. The molecular formula is C15H23NO2. The van der Waals surface area contributed by atoms with E-state index in [1.165, 1.54) is 12.0 Å². The molecule has 100 valence electrons. The van der Waals surface area contributed by atoms with Crippen LogP contribution in [-0.2, 0) is 0 Å². The fourth-order valence-corrected chi connectivity index (χ4v) is 2.62. The summed E-state index contributed by atoms with van der Waals surface area (Å²) in [5, 5.41) is 13.5. The summed E-state index contributed by atoms with van der Waals surface area (Å²) in [7, 11) is 1.68. The Bertz CT molecular complexity index is 363.